The number of rotatable bonds is 4. The van der Waals surface area contributed by atoms with Gasteiger partial charge in [0.2, 0.25) is 0 Å². The van der Waals surface area contributed by atoms with Crippen LogP contribution in [0.15, 0.2) is 42.7 Å². The number of halogens is 1. The number of aryl methyl sites for hydroxylation is 2. The van der Waals surface area contributed by atoms with Gasteiger partial charge in [-0.3, -0.25) is 9.89 Å². The largest absolute Gasteiger partial charge is 0.326 e. The molecule has 8 nitrogen and oxygen atoms in total. The van der Waals surface area contributed by atoms with Crippen LogP contribution in [0.1, 0.15) is 52.6 Å². The Labute approximate surface area is 203 Å². The van der Waals surface area contributed by atoms with Crippen molar-refractivity contribution in [2.45, 2.75) is 46.1 Å². The fourth-order valence-electron chi connectivity index (χ4n) is 4.63. The number of carbonyl (C=O) groups excluding carboxylic acids is 1. The topological polar surface area (TPSA) is 92.6 Å². The van der Waals surface area contributed by atoms with Gasteiger partial charge in [0.25, 0.3) is 5.91 Å². The normalized spacial score (nSPS) is 18.0. The van der Waals surface area contributed by atoms with Crippen LogP contribution in [0.4, 0.5) is 0 Å². The predicted octanol–water partition coefficient (Wildman–Crippen LogP) is 4.78. The van der Waals surface area contributed by atoms with E-state index in [9.17, 15) is 4.79 Å². The van der Waals surface area contributed by atoms with E-state index in [0.717, 1.165) is 35.1 Å². The zero-order chi connectivity index (χ0) is 24.0. The van der Waals surface area contributed by atoms with Crippen LogP contribution in [0.3, 0.4) is 0 Å². The van der Waals surface area contributed by atoms with Crippen molar-refractivity contribution in [3.63, 3.8) is 0 Å². The van der Waals surface area contributed by atoms with E-state index >= 15 is 0 Å². The number of nitrogens with zero attached hydrogens (tertiary/aromatic N) is 6. The average Bonchev–Trinajstić information content (AvgIpc) is 3.58. The van der Waals surface area contributed by atoms with Gasteiger partial charge in [-0.15, -0.1) is 0 Å². The highest BCUT2D eigenvalue weighted by molar-refractivity contribution is 6.31. The van der Waals surface area contributed by atoms with E-state index in [0.29, 0.717) is 34.5 Å². The summed E-state index contributed by atoms with van der Waals surface area (Å²) >= 11 is 6.31. The molecule has 0 saturated carbocycles. The van der Waals surface area contributed by atoms with Crippen molar-refractivity contribution in [3.05, 3.63) is 75.8 Å². The molecule has 4 aromatic rings. The fraction of sp³-hybridized carbons (Fsp3) is 0.320. The molecule has 0 spiro atoms. The maximum absolute atomic E-state index is 14.0. The highest BCUT2D eigenvalue weighted by Crippen LogP contribution is 2.39. The molecular formula is C25H26ClN7O. The summed E-state index contributed by atoms with van der Waals surface area (Å²) in [5, 5.41) is 16.8. The Morgan fingerprint density at radius 1 is 1.12 bits per heavy atom. The number of aromatic amines is 1. The molecule has 34 heavy (non-hydrogen) atoms. The van der Waals surface area contributed by atoms with Crippen molar-refractivity contribution >= 4 is 17.5 Å². The van der Waals surface area contributed by atoms with Gasteiger partial charge in [0.1, 0.15) is 0 Å². The number of H-pyrrole nitrogens is 1. The molecule has 0 radical (unpaired) electrons. The summed E-state index contributed by atoms with van der Waals surface area (Å²) in [6.07, 6.45) is 4.87. The average molecular weight is 476 g/mol. The molecule has 1 aliphatic heterocycles. The van der Waals surface area contributed by atoms with Crippen molar-refractivity contribution < 1.29 is 4.79 Å². The van der Waals surface area contributed by atoms with E-state index in [1.54, 1.807) is 12.4 Å². The molecule has 1 unspecified atom stereocenters. The molecule has 2 aromatic carbocycles. The smallest absolute Gasteiger partial charge is 0.256 e. The first kappa shape index (κ1) is 22.3. The van der Waals surface area contributed by atoms with Gasteiger partial charge >= 0.3 is 0 Å². The standard InChI is InChI=1S/C25H26ClN7O/c1-15-13-19(21(14-16(15)2)33-27-10-11-28-33)23(34)32-12-6-9-25(32,4)24-29-22(30-31-24)18-7-5-8-20(26)17(18)3/h5,7-8,10-11,13-14H,6,9,12H2,1-4H3,(H,29,30,31). The van der Waals surface area contributed by atoms with Gasteiger partial charge in [-0.05, 0) is 75.4 Å². The van der Waals surface area contributed by atoms with Crippen LogP contribution < -0.4 is 0 Å². The Bertz CT molecular complexity index is 1380. The third-order valence-corrected chi connectivity index (χ3v) is 7.28. The zero-order valence-corrected chi connectivity index (χ0v) is 20.4. The quantitative estimate of drug-likeness (QED) is 0.458. The summed E-state index contributed by atoms with van der Waals surface area (Å²) in [6.45, 7) is 8.64. The lowest BCUT2D eigenvalue weighted by Gasteiger charge is -2.33. The van der Waals surface area contributed by atoms with Crippen LogP contribution in [0, 0.1) is 20.8 Å². The van der Waals surface area contributed by atoms with Crippen LogP contribution >= 0.6 is 11.6 Å². The van der Waals surface area contributed by atoms with Crippen molar-refractivity contribution in [3.8, 4) is 17.1 Å². The molecule has 2 aromatic heterocycles. The Kier molecular flexibility index (Phi) is 5.48. The van der Waals surface area contributed by atoms with Crippen LogP contribution in [-0.4, -0.2) is 47.5 Å². The maximum atomic E-state index is 14.0. The molecule has 1 fully saturated rings. The lowest BCUT2D eigenvalue weighted by molar-refractivity contribution is 0.0604. The molecule has 1 amide bonds. The number of aromatic nitrogens is 6. The zero-order valence-electron chi connectivity index (χ0n) is 19.6. The van der Waals surface area contributed by atoms with Gasteiger partial charge in [0.15, 0.2) is 11.6 Å². The first-order valence-electron chi connectivity index (χ1n) is 11.3. The van der Waals surface area contributed by atoms with E-state index in [1.807, 2.05) is 62.9 Å². The Morgan fingerprint density at radius 3 is 2.62 bits per heavy atom. The first-order chi connectivity index (χ1) is 16.3. The molecule has 1 saturated heterocycles. The molecule has 1 aliphatic rings. The summed E-state index contributed by atoms with van der Waals surface area (Å²) in [7, 11) is 0. The minimum Gasteiger partial charge on any atom is -0.326 e. The van der Waals surface area contributed by atoms with Crippen LogP contribution in [0.25, 0.3) is 17.1 Å². The van der Waals surface area contributed by atoms with Gasteiger partial charge in [0.05, 0.1) is 29.2 Å². The second kappa shape index (κ2) is 8.36. The minimum absolute atomic E-state index is 0.0766. The highest BCUT2D eigenvalue weighted by atomic mass is 35.5. The van der Waals surface area contributed by atoms with E-state index in [2.05, 4.69) is 20.4 Å². The molecule has 9 heteroatoms. The third kappa shape index (κ3) is 3.58. The number of benzene rings is 2. The number of likely N-dealkylation sites (tertiary alicyclic amines) is 1. The van der Waals surface area contributed by atoms with E-state index in [4.69, 9.17) is 16.6 Å². The second-order valence-electron chi connectivity index (χ2n) is 9.03. The van der Waals surface area contributed by atoms with Crippen molar-refractivity contribution in [1.82, 2.24) is 35.1 Å². The van der Waals surface area contributed by atoms with E-state index in [-0.39, 0.29) is 5.91 Å². The number of amides is 1. The number of carbonyl (C=O) groups is 1. The lowest BCUT2D eigenvalue weighted by Crippen LogP contribution is -2.44. The molecular weight excluding hydrogens is 450 g/mol. The van der Waals surface area contributed by atoms with E-state index in [1.165, 1.54) is 4.80 Å². The SMILES string of the molecule is Cc1cc(C(=O)N2CCCC2(C)c2nc(-c3cccc(Cl)c3C)n[nH]2)c(-n2nccn2)cc1C. The summed E-state index contributed by atoms with van der Waals surface area (Å²) in [4.78, 5) is 22.2. The van der Waals surface area contributed by atoms with Crippen LogP contribution in [0.2, 0.25) is 5.02 Å². The van der Waals surface area contributed by atoms with Crippen LogP contribution in [0.5, 0.6) is 0 Å². The van der Waals surface area contributed by atoms with Crippen molar-refractivity contribution in [2.24, 2.45) is 0 Å². The molecule has 5 rings (SSSR count). The van der Waals surface area contributed by atoms with Gasteiger partial charge in [-0.2, -0.15) is 20.1 Å². The maximum Gasteiger partial charge on any atom is 0.256 e. The Morgan fingerprint density at radius 2 is 1.85 bits per heavy atom. The second-order valence-corrected chi connectivity index (χ2v) is 9.43. The molecule has 1 N–H and O–H groups in total. The fourth-order valence-corrected chi connectivity index (χ4v) is 4.81. The van der Waals surface area contributed by atoms with Crippen LogP contribution in [-0.2, 0) is 5.54 Å². The predicted molar refractivity (Wildman–Crippen MR) is 130 cm³/mol. The Balaban J connectivity index is 1.54. The third-order valence-electron chi connectivity index (χ3n) is 6.87. The van der Waals surface area contributed by atoms with Crippen molar-refractivity contribution in [2.75, 3.05) is 6.54 Å². The monoisotopic (exact) mass is 475 g/mol. The molecule has 0 aliphatic carbocycles. The first-order valence-corrected chi connectivity index (χ1v) is 11.7. The Hall–Kier alpha value is -3.52. The number of hydrogen-bond donors (Lipinski definition) is 1. The molecule has 1 atom stereocenters. The van der Waals surface area contributed by atoms with Gasteiger partial charge in [-0.25, -0.2) is 4.98 Å². The summed E-state index contributed by atoms with van der Waals surface area (Å²) < 4.78 is 0. The highest BCUT2D eigenvalue weighted by Gasteiger charge is 2.44. The molecule has 174 valence electrons. The summed E-state index contributed by atoms with van der Waals surface area (Å²) in [5.74, 6) is 1.16. The molecule has 3 heterocycles. The van der Waals surface area contributed by atoms with E-state index < -0.39 is 5.54 Å². The van der Waals surface area contributed by atoms with Gasteiger partial charge < -0.3 is 4.90 Å². The number of nitrogens with one attached hydrogen (secondary N) is 1. The molecule has 0 bridgehead atoms. The summed E-state index contributed by atoms with van der Waals surface area (Å²) in [6, 6.07) is 9.58. The summed E-state index contributed by atoms with van der Waals surface area (Å²) in [5.41, 5.74) is 4.52. The van der Waals surface area contributed by atoms with Gasteiger partial charge in [-0.1, -0.05) is 23.7 Å². The minimum atomic E-state index is -0.623. The van der Waals surface area contributed by atoms with Gasteiger partial charge in [0, 0.05) is 17.1 Å². The number of hydrogen-bond acceptors (Lipinski definition) is 5. The van der Waals surface area contributed by atoms with Crippen molar-refractivity contribution in [1.29, 1.82) is 0 Å². The lowest BCUT2D eigenvalue weighted by atomic mass is 9.96.